The zero-order chi connectivity index (χ0) is 25.4. The number of alkyl halides is 2. The highest BCUT2D eigenvalue weighted by Gasteiger charge is 2.52. The van der Waals surface area contributed by atoms with Gasteiger partial charge in [-0.3, -0.25) is 4.79 Å². The molecule has 1 aromatic carbocycles. The van der Waals surface area contributed by atoms with Crippen molar-refractivity contribution >= 4 is 23.2 Å². The van der Waals surface area contributed by atoms with Crippen LogP contribution < -0.4 is 0 Å². The highest BCUT2D eigenvalue weighted by atomic mass is 32.1. The topological polar surface area (TPSA) is 66.8 Å². The number of phenolic OH excluding ortho intramolecular Hbond substituents is 1. The van der Waals surface area contributed by atoms with Crippen LogP contribution in [0.15, 0.2) is 30.3 Å². The average molecular weight is 508 g/mol. The van der Waals surface area contributed by atoms with Gasteiger partial charge in [0.15, 0.2) is 0 Å². The second-order valence-electron chi connectivity index (χ2n) is 9.35. The van der Waals surface area contributed by atoms with E-state index in [-0.39, 0.29) is 5.97 Å². The van der Waals surface area contributed by atoms with Gasteiger partial charge in [0.25, 0.3) is 5.91 Å². The summed E-state index contributed by atoms with van der Waals surface area (Å²) in [5.41, 5.74) is 2.00. The number of rotatable bonds is 13. The minimum atomic E-state index is -3.27. The van der Waals surface area contributed by atoms with E-state index in [1.54, 1.807) is 6.07 Å². The highest BCUT2D eigenvalue weighted by molar-refractivity contribution is 7.13. The van der Waals surface area contributed by atoms with Gasteiger partial charge >= 0.3 is 11.9 Å². The first-order valence-electron chi connectivity index (χ1n) is 12.4. The van der Waals surface area contributed by atoms with E-state index in [0.717, 1.165) is 54.5 Å². The van der Waals surface area contributed by atoms with E-state index < -0.39 is 24.3 Å². The standard InChI is InChI=1S/C27H35F2NO4S/c1-19-12-13-20(17-23(19)31)9-6-4-3-5-7-10-21-18-27(28,29)26(33)30(21)16-8-11-22-14-15-24(35-22)25(32)34-2/h12-15,17,21,31H,3-11,16,18H2,1-2H3. The fourth-order valence-corrected chi connectivity index (χ4v) is 5.58. The molecule has 5 nitrogen and oxygen atoms in total. The third kappa shape index (κ3) is 7.50. The number of methoxy groups -OCH3 is 1. The summed E-state index contributed by atoms with van der Waals surface area (Å²) in [6, 6.07) is 8.91. The van der Waals surface area contributed by atoms with Crippen LogP contribution in [-0.4, -0.2) is 47.5 Å². The monoisotopic (exact) mass is 507 g/mol. The number of benzene rings is 1. The Bertz CT molecular complexity index is 1010. The fourth-order valence-electron chi connectivity index (χ4n) is 4.61. The Morgan fingerprint density at radius 2 is 1.86 bits per heavy atom. The van der Waals surface area contributed by atoms with Crippen LogP contribution in [0, 0.1) is 6.92 Å². The molecule has 35 heavy (non-hydrogen) atoms. The van der Waals surface area contributed by atoms with E-state index in [2.05, 4.69) is 0 Å². The van der Waals surface area contributed by atoms with Crippen molar-refractivity contribution in [2.75, 3.05) is 13.7 Å². The number of nitrogens with zero attached hydrogens (tertiary/aromatic N) is 1. The Morgan fingerprint density at radius 3 is 2.60 bits per heavy atom. The van der Waals surface area contributed by atoms with Crippen LogP contribution in [0.4, 0.5) is 8.78 Å². The van der Waals surface area contributed by atoms with Gasteiger partial charge in [0.05, 0.1) is 7.11 Å². The average Bonchev–Trinajstić information content (AvgIpc) is 3.38. The summed E-state index contributed by atoms with van der Waals surface area (Å²) in [4.78, 5) is 26.7. The molecule has 1 unspecified atom stereocenters. The van der Waals surface area contributed by atoms with E-state index >= 15 is 0 Å². The van der Waals surface area contributed by atoms with Crippen molar-refractivity contribution in [3.8, 4) is 5.75 Å². The molecule has 3 rings (SSSR count). The molecule has 0 radical (unpaired) electrons. The number of amides is 1. The maximum Gasteiger partial charge on any atom is 0.348 e. The smallest absolute Gasteiger partial charge is 0.348 e. The number of likely N-dealkylation sites (tertiary alicyclic amines) is 1. The molecule has 1 saturated heterocycles. The first-order valence-corrected chi connectivity index (χ1v) is 13.2. The van der Waals surface area contributed by atoms with Crippen molar-refractivity contribution in [1.82, 2.24) is 4.90 Å². The summed E-state index contributed by atoms with van der Waals surface area (Å²) >= 11 is 1.33. The molecule has 1 fully saturated rings. The van der Waals surface area contributed by atoms with Gasteiger partial charge in [-0.15, -0.1) is 11.3 Å². The lowest BCUT2D eigenvalue weighted by atomic mass is 10.0. The maximum absolute atomic E-state index is 14.2. The SMILES string of the molecule is COC(=O)c1ccc(CCCN2C(=O)C(F)(F)CC2CCCCCCCc2ccc(C)c(O)c2)s1. The van der Waals surface area contributed by atoms with E-state index in [1.807, 2.05) is 31.2 Å². The van der Waals surface area contributed by atoms with Crippen LogP contribution in [0.2, 0.25) is 0 Å². The molecule has 0 aliphatic carbocycles. The molecule has 0 spiro atoms. The lowest BCUT2D eigenvalue weighted by molar-refractivity contribution is -0.148. The van der Waals surface area contributed by atoms with Gasteiger partial charge in [0.1, 0.15) is 10.6 Å². The molecule has 1 aliphatic rings. The Kier molecular flexibility index (Phi) is 9.66. The maximum atomic E-state index is 14.2. The number of thiophene rings is 1. The first kappa shape index (κ1) is 27.1. The molecule has 1 aromatic heterocycles. The number of phenols is 1. The molecule has 8 heteroatoms. The number of aryl methyl sites for hydroxylation is 3. The zero-order valence-corrected chi connectivity index (χ0v) is 21.3. The molecule has 2 aromatic rings. The molecule has 0 saturated carbocycles. The lowest BCUT2D eigenvalue weighted by Gasteiger charge is -2.24. The number of ether oxygens (including phenoxy) is 1. The van der Waals surface area contributed by atoms with E-state index in [4.69, 9.17) is 4.74 Å². The van der Waals surface area contributed by atoms with Crippen LogP contribution in [0.5, 0.6) is 5.75 Å². The fraction of sp³-hybridized carbons (Fsp3) is 0.556. The predicted octanol–water partition coefficient (Wildman–Crippen LogP) is 6.30. The number of hydrogen-bond donors (Lipinski definition) is 1. The van der Waals surface area contributed by atoms with Crippen LogP contribution in [0.3, 0.4) is 0 Å². The zero-order valence-electron chi connectivity index (χ0n) is 20.5. The first-order chi connectivity index (χ1) is 16.7. The van der Waals surface area contributed by atoms with Gasteiger partial charge in [0, 0.05) is 23.9 Å². The summed E-state index contributed by atoms with van der Waals surface area (Å²) in [6.45, 7) is 2.17. The molecule has 2 heterocycles. The van der Waals surface area contributed by atoms with Gasteiger partial charge < -0.3 is 14.7 Å². The number of halogens is 2. The van der Waals surface area contributed by atoms with Gasteiger partial charge in [-0.2, -0.15) is 8.78 Å². The minimum Gasteiger partial charge on any atom is -0.508 e. The third-order valence-electron chi connectivity index (χ3n) is 6.65. The number of unbranched alkanes of at least 4 members (excludes halogenated alkanes) is 4. The molecule has 1 amide bonds. The van der Waals surface area contributed by atoms with E-state index in [1.165, 1.54) is 23.3 Å². The van der Waals surface area contributed by atoms with Crippen molar-refractivity contribution in [3.63, 3.8) is 0 Å². The molecule has 0 bridgehead atoms. The summed E-state index contributed by atoms with van der Waals surface area (Å²) < 4.78 is 33.0. The Hall–Kier alpha value is -2.48. The van der Waals surface area contributed by atoms with Gasteiger partial charge in [0.2, 0.25) is 0 Å². The Labute approximate surface area is 210 Å². The number of aromatic hydroxyl groups is 1. The quantitative estimate of drug-likeness (QED) is 0.255. The second-order valence-corrected chi connectivity index (χ2v) is 10.5. The second kappa shape index (κ2) is 12.5. The van der Waals surface area contributed by atoms with Crippen LogP contribution >= 0.6 is 11.3 Å². The van der Waals surface area contributed by atoms with Crippen LogP contribution in [-0.2, 0) is 22.4 Å². The van der Waals surface area contributed by atoms with E-state index in [0.29, 0.717) is 36.4 Å². The number of esters is 1. The molecule has 1 aliphatic heterocycles. The van der Waals surface area contributed by atoms with Crippen molar-refractivity contribution in [3.05, 3.63) is 51.2 Å². The molecular weight excluding hydrogens is 472 g/mol. The highest BCUT2D eigenvalue weighted by Crippen LogP contribution is 2.36. The molecule has 1 N–H and O–H groups in total. The van der Waals surface area contributed by atoms with Crippen LogP contribution in [0.1, 0.15) is 77.0 Å². The lowest BCUT2D eigenvalue weighted by Crippen LogP contribution is -2.37. The van der Waals surface area contributed by atoms with Gasteiger partial charge in [-0.1, -0.05) is 37.8 Å². The molecule has 192 valence electrons. The molecule has 1 atom stereocenters. The largest absolute Gasteiger partial charge is 0.508 e. The van der Waals surface area contributed by atoms with Crippen LogP contribution in [0.25, 0.3) is 0 Å². The normalized spacial score (nSPS) is 17.2. The van der Waals surface area contributed by atoms with Crippen molar-refractivity contribution < 1.29 is 28.2 Å². The van der Waals surface area contributed by atoms with Gasteiger partial charge in [-0.05, 0) is 68.4 Å². The summed E-state index contributed by atoms with van der Waals surface area (Å²) in [6.07, 6.45) is 7.19. The summed E-state index contributed by atoms with van der Waals surface area (Å²) in [5.74, 6) is -4.38. The van der Waals surface area contributed by atoms with Crippen molar-refractivity contribution in [2.24, 2.45) is 0 Å². The summed E-state index contributed by atoms with van der Waals surface area (Å²) in [5, 5.41) is 9.80. The van der Waals surface area contributed by atoms with E-state index in [9.17, 15) is 23.5 Å². The van der Waals surface area contributed by atoms with Crippen molar-refractivity contribution in [1.29, 1.82) is 0 Å². The Balaban J connectivity index is 1.37. The number of carbonyl (C=O) groups is 2. The minimum absolute atomic E-state index is 0.300. The number of carbonyl (C=O) groups excluding carboxylic acids is 2. The van der Waals surface area contributed by atoms with Gasteiger partial charge in [-0.25, -0.2) is 4.79 Å². The number of hydrogen-bond acceptors (Lipinski definition) is 5. The third-order valence-corrected chi connectivity index (χ3v) is 7.78. The predicted molar refractivity (Wildman–Crippen MR) is 133 cm³/mol. The molecular formula is C27H35F2NO4S. The van der Waals surface area contributed by atoms with Crippen molar-refractivity contribution in [2.45, 2.75) is 83.1 Å². The Morgan fingerprint density at radius 1 is 1.11 bits per heavy atom. The summed E-state index contributed by atoms with van der Waals surface area (Å²) in [7, 11) is 1.33.